The smallest absolute Gasteiger partial charge is 0.338 e. The highest BCUT2D eigenvalue weighted by atomic mass is 16.8. The molecule has 0 aromatic heterocycles. The van der Waals surface area contributed by atoms with E-state index in [1.165, 1.54) is 19.1 Å². The SMILES string of the molecule is C[C@H](OC1C(OC(=O)c2ccccc2)[C@H]2O[C@@H](COC3O[C@@H](OC4[C@H](C)CC(C(=O)NCCN)C[C@H]4O2)[C@@H](O)C(O)[C@@H]3O)[C@@H]1O)C(=O)O. The van der Waals surface area contributed by atoms with E-state index in [4.69, 9.17) is 38.9 Å². The first kappa shape index (κ1) is 36.5. The lowest BCUT2D eigenvalue weighted by molar-refractivity contribution is -0.391. The third kappa shape index (κ3) is 7.97. The van der Waals surface area contributed by atoms with Crippen LogP contribution in [-0.2, 0) is 42.7 Å². The van der Waals surface area contributed by atoms with Gasteiger partial charge in [-0.1, -0.05) is 25.1 Å². The molecule has 0 spiro atoms. The van der Waals surface area contributed by atoms with E-state index in [-0.39, 0.29) is 31.0 Å². The summed E-state index contributed by atoms with van der Waals surface area (Å²) >= 11 is 0. The van der Waals surface area contributed by atoms with Gasteiger partial charge in [-0.15, -0.1) is 0 Å². The van der Waals surface area contributed by atoms with Crippen molar-refractivity contribution in [2.24, 2.45) is 17.6 Å². The molecule has 4 aliphatic rings. The number of nitrogens with two attached hydrogens (primary N) is 1. The minimum Gasteiger partial charge on any atom is -0.479 e. The van der Waals surface area contributed by atoms with Crippen LogP contribution < -0.4 is 11.1 Å². The largest absolute Gasteiger partial charge is 0.479 e. The van der Waals surface area contributed by atoms with Crippen LogP contribution in [0.15, 0.2) is 30.3 Å². The van der Waals surface area contributed by atoms with E-state index >= 15 is 0 Å². The topological polar surface area (TPSA) is 255 Å². The zero-order valence-corrected chi connectivity index (χ0v) is 26.5. The van der Waals surface area contributed by atoms with Crippen molar-refractivity contribution in [2.45, 2.75) is 107 Å². The number of benzene rings is 1. The number of carboxylic acid groups (broad SMARTS) is 1. The van der Waals surface area contributed by atoms with Gasteiger partial charge in [0.05, 0.1) is 24.4 Å². The highest BCUT2D eigenvalue weighted by Gasteiger charge is 2.55. The molecule has 48 heavy (non-hydrogen) atoms. The van der Waals surface area contributed by atoms with Crippen LogP contribution in [0.4, 0.5) is 0 Å². The van der Waals surface area contributed by atoms with Crippen molar-refractivity contribution in [3.05, 3.63) is 35.9 Å². The number of hydrogen-bond acceptors (Lipinski definition) is 15. The number of esters is 1. The van der Waals surface area contributed by atoms with E-state index in [1.54, 1.807) is 25.1 Å². The van der Waals surface area contributed by atoms with Crippen LogP contribution >= 0.6 is 0 Å². The van der Waals surface area contributed by atoms with Gasteiger partial charge in [0.2, 0.25) is 5.91 Å². The van der Waals surface area contributed by atoms with Gasteiger partial charge in [-0.05, 0) is 37.8 Å². The number of aliphatic carboxylic acids is 1. The van der Waals surface area contributed by atoms with Crippen LogP contribution in [0.3, 0.4) is 0 Å². The second-order valence-corrected chi connectivity index (χ2v) is 12.5. The number of carbonyl (C=O) groups is 3. The van der Waals surface area contributed by atoms with Crippen LogP contribution in [0.25, 0.3) is 0 Å². The molecular formula is C31H44N2O15. The summed E-state index contributed by atoms with van der Waals surface area (Å²) in [6.45, 7) is 2.95. The van der Waals surface area contributed by atoms with Crippen LogP contribution in [0.5, 0.6) is 0 Å². The molecule has 17 nitrogen and oxygen atoms in total. The van der Waals surface area contributed by atoms with Gasteiger partial charge in [0.15, 0.2) is 31.1 Å². The molecule has 5 rings (SSSR count). The van der Waals surface area contributed by atoms with Gasteiger partial charge in [0.1, 0.15) is 36.6 Å². The van der Waals surface area contributed by atoms with E-state index in [9.17, 15) is 39.9 Å². The van der Waals surface area contributed by atoms with Crippen molar-refractivity contribution in [3.63, 3.8) is 0 Å². The maximum Gasteiger partial charge on any atom is 0.338 e. The Balaban J connectivity index is 1.54. The number of carboxylic acids is 1. The van der Waals surface area contributed by atoms with Gasteiger partial charge < -0.3 is 69.7 Å². The number of ether oxygens (including phenoxy) is 7. The predicted molar refractivity (Wildman–Crippen MR) is 159 cm³/mol. The Morgan fingerprint density at radius 1 is 0.896 bits per heavy atom. The molecule has 268 valence electrons. The fraction of sp³-hybridized carbons (Fsp3) is 0.710. The third-order valence-electron chi connectivity index (χ3n) is 9.05. The van der Waals surface area contributed by atoms with Crippen molar-refractivity contribution in [3.8, 4) is 0 Å². The van der Waals surface area contributed by atoms with Crippen LogP contribution in [0.1, 0.15) is 37.0 Å². The number of hydrogen-bond donors (Lipinski definition) is 7. The van der Waals surface area contributed by atoms with Crippen LogP contribution in [0, 0.1) is 11.8 Å². The molecular weight excluding hydrogens is 640 g/mol. The van der Waals surface area contributed by atoms with Gasteiger partial charge >= 0.3 is 11.9 Å². The summed E-state index contributed by atoms with van der Waals surface area (Å²) in [5, 5.41) is 55.9. The second kappa shape index (κ2) is 15.8. The number of aliphatic hydroxyl groups excluding tert-OH is 4. The normalized spacial score (nSPS) is 40.6. The maximum absolute atomic E-state index is 13.3. The van der Waals surface area contributed by atoms with Crippen molar-refractivity contribution < 1.29 is 73.1 Å². The number of carbonyl (C=O) groups excluding carboxylic acids is 2. The first-order chi connectivity index (χ1) is 22.9. The van der Waals surface area contributed by atoms with Gasteiger partial charge in [0, 0.05) is 19.0 Å². The molecule has 1 amide bonds. The minimum atomic E-state index is -1.75. The number of nitrogens with one attached hydrogen (secondary N) is 1. The summed E-state index contributed by atoms with van der Waals surface area (Å²) in [5.74, 6) is -3.53. The average Bonchev–Trinajstić information content (AvgIpc) is 3.06. The van der Waals surface area contributed by atoms with Crippen molar-refractivity contribution in [1.29, 1.82) is 0 Å². The number of amides is 1. The predicted octanol–water partition coefficient (Wildman–Crippen LogP) is -2.16. The van der Waals surface area contributed by atoms with Gasteiger partial charge in [-0.2, -0.15) is 0 Å². The Morgan fingerprint density at radius 3 is 2.27 bits per heavy atom. The number of aliphatic hydroxyl groups is 4. The summed E-state index contributed by atoms with van der Waals surface area (Å²) in [6.07, 6.45) is -18.9. The molecule has 1 aromatic rings. The molecule has 8 N–H and O–H groups in total. The highest BCUT2D eigenvalue weighted by Crippen LogP contribution is 2.39. The molecule has 3 saturated heterocycles. The maximum atomic E-state index is 13.3. The second-order valence-electron chi connectivity index (χ2n) is 12.5. The standard InChI is InChI=1S/C31H44N2O15/c1-13-10-16(26(38)33-9-8-32)11-17-23(13)47-30-22(37)20(35)21(36)29(48-30)42-12-18-19(34)24(43-14(2)27(39)40)25(31(44-17)45-18)46-28(41)15-6-4-3-5-7-15/h3-7,13-14,16-25,29-31,34-37H,8-12,32H2,1-2H3,(H,33,38)(H,39,40)/t13-,14+,16?,17-,18+,19+,20?,21+,22+,23?,24?,25?,29?,30-,31-/m1/s1. The molecule has 15 atom stereocenters. The third-order valence-corrected chi connectivity index (χ3v) is 9.05. The van der Waals surface area contributed by atoms with E-state index in [1.807, 2.05) is 0 Å². The Hall–Kier alpha value is -2.81. The fourth-order valence-electron chi connectivity index (χ4n) is 6.43. The lowest BCUT2D eigenvalue weighted by atomic mass is 9.77. The summed E-state index contributed by atoms with van der Waals surface area (Å²) in [4.78, 5) is 38.3. The Bertz CT molecular complexity index is 1260. The van der Waals surface area contributed by atoms with Crippen molar-refractivity contribution in [1.82, 2.24) is 5.32 Å². The first-order valence-corrected chi connectivity index (χ1v) is 16.0. The number of rotatable bonds is 8. The minimum absolute atomic E-state index is 0.0445. The quantitative estimate of drug-likeness (QED) is 0.144. The summed E-state index contributed by atoms with van der Waals surface area (Å²) in [5.41, 5.74) is 5.72. The van der Waals surface area contributed by atoms with Crippen LogP contribution in [-0.4, -0.2) is 143 Å². The van der Waals surface area contributed by atoms with E-state index < -0.39 is 110 Å². The fourth-order valence-corrected chi connectivity index (χ4v) is 6.43. The molecule has 17 heteroatoms. The van der Waals surface area contributed by atoms with Crippen molar-refractivity contribution >= 4 is 17.8 Å². The summed E-state index contributed by atoms with van der Waals surface area (Å²) in [6, 6.07) is 7.92. The molecule has 1 aliphatic carbocycles. The Morgan fingerprint density at radius 2 is 1.58 bits per heavy atom. The molecule has 1 aromatic carbocycles. The first-order valence-electron chi connectivity index (χ1n) is 16.0. The molecule has 0 radical (unpaired) electrons. The lowest BCUT2D eigenvalue weighted by Crippen LogP contribution is -2.66. The van der Waals surface area contributed by atoms with E-state index in [2.05, 4.69) is 5.32 Å². The zero-order valence-electron chi connectivity index (χ0n) is 26.5. The molecule has 4 fully saturated rings. The summed E-state index contributed by atoms with van der Waals surface area (Å²) in [7, 11) is 0. The van der Waals surface area contributed by atoms with Gasteiger partial charge in [0.25, 0.3) is 0 Å². The van der Waals surface area contributed by atoms with Crippen molar-refractivity contribution in [2.75, 3.05) is 19.7 Å². The highest BCUT2D eigenvalue weighted by molar-refractivity contribution is 5.89. The van der Waals surface area contributed by atoms with Gasteiger partial charge in [-0.3, -0.25) is 4.79 Å². The monoisotopic (exact) mass is 684 g/mol. The molecule has 3 aliphatic heterocycles. The Kier molecular flexibility index (Phi) is 12.0. The number of fused-ring (bicyclic) bond motifs is 5. The Labute approximate surface area is 276 Å². The van der Waals surface area contributed by atoms with E-state index in [0.717, 1.165) is 0 Å². The van der Waals surface area contributed by atoms with Gasteiger partial charge in [-0.25, -0.2) is 9.59 Å². The molecule has 1 saturated carbocycles. The zero-order chi connectivity index (χ0) is 34.7. The molecule has 6 unspecified atom stereocenters. The molecule has 3 heterocycles. The average molecular weight is 685 g/mol. The molecule has 4 bridgehead atoms. The van der Waals surface area contributed by atoms with Crippen LogP contribution in [0.2, 0.25) is 0 Å². The summed E-state index contributed by atoms with van der Waals surface area (Å²) < 4.78 is 41.8. The van der Waals surface area contributed by atoms with E-state index in [0.29, 0.717) is 6.42 Å². The lowest BCUT2D eigenvalue weighted by Gasteiger charge is -2.49.